The van der Waals surface area contributed by atoms with E-state index in [-0.39, 0.29) is 16.4 Å². The maximum atomic E-state index is 13.4. The number of anilines is 2. The number of hydrogen-bond acceptors (Lipinski definition) is 6. The normalized spacial score (nSPS) is 11.8. The van der Waals surface area contributed by atoms with Gasteiger partial charge in [-0.3, -0.25) is 19.7 Å². The maximum absolute atomic E-state index is 13.4. The first kappa shape index (κ1) is 24.5. The zero-order valence-corrected chi connectivity index (χ0v) is 16.6. The van der Waals surface area contributed by atoms with E-state index in [0.717, 1.165) is 17.7 Å². The first-order chi connectivity index (χ1) is 14.6. The molecule has 3 amide bonds. The van der Waals surface area contributed by atoms with Crippen LogP contribution in [0.1, 0.15) is 21.5 Å². The molecule has 0 unspecified atom stereocenters. The lowest BCUT2D eigenvalue weighted by molar-refractivity contribution is -0.161. The summed E-state index contributed by atoms with van der Waals surface area (Å²) in [5, 5.41) is 14.1. The van der Waals surface area contributed by atoms with E-state index in [1.54, 1.807) is 5.32 Å². The molecule has 174 valence electrons. The van der Waals surface area contributed by atoms with Crippen molar-refractivity contribution in [3.05, 3.63) is 28.8 Å². The Kier molecular flexibility index (Phi) is 6.75. The largest absolute Gasteiger partial charge is 0.418 e. The molecule has 0 spiro atoms. The van der Waals surface area contributed by atoms with Crippen LogP contribution in [-0.4, -0.2) is 62.6 Å². The molecule has 2 rings (SSSR count). The van der Waals surface area contributed by atoms with E-state index in [1.807, 2.05) is 0 Å². The fraction of sp³-hybridized carbons (Fsp3) is 0.375. The molecule has 2 N–H and O–H groups in total. The van der Waals surface area contributed by atoms with Gasteiger partial charge in [0.05, 0.1) is 11.3 Å². The molecule has 0 bridgehead atoms. The molecule has 0 aliphatic carbocycles. The Bertz CT molecular complexity index is 1050. The fourth-order valence-corrected chi connectivity index (χ4v) is 2.54. The Labute approximate surface area is 175 Å². The number of aromatic nitrogens is 4. The van der Waals surface area contributed by atoms with Crippen LogP contribution in [0.3, 0.4) is 0 Å². The molecule has 2 aromatic rings. The molecule has 0 saturated carbocycles. The topological polar surface area (TPSA) is 122 Å². The summed E-state index contributed by atoms with van der Waals surface area (Å²) >= 11 is 0. The summed E-state index contributed by atoms with van der Waals surface area (Å²) < 4.78 is 78.6. The number of tetrazole rings is 1. The molecule has 1 heterocycles. The van der Waals surface area contributed by atoms with Crippen molar-refractivity contribution in [1.82, 2.24) is 25.1 Å². The van der Waals surface area contributed by atoms with Crippen molar-refractivity contribution in [2.24, 2.45) is 7.05 Å². The van der Waals surface area contributed by atoms with Crippen LogP contribution >= 0.6 is 0 Å². The highest BCUT2D eigenvalue weighted by molar-refractivity contribution is 6.39. The number of benzene rings is 1. The molecule has 0 fully saturated rings. The van der Waals surface area contributed by atoms with E-state index in [0.29, 0.717) is 13.1 Å². The number of carbonyl (C=O) groups excluding carboxylic acids is 3. The Balaban J connectivity index is 2.40. The highest BCUT2D eigenvalue weighted by Gasteiger charge is 2.37. The minimum Gasteiger partial charge on any atom is -0.328 e. The van der Waals surface area contributed by atoms with Crippen LogP contribution in [0.15, 0.2) is 12.1 Å². The lowest BCUT2D eigenvalue weighted by Gasteiger charge is -2.21. The summed E-state index contributed by atoms with van der Waals surface area (Å²) in [5.74, 6) is -4.55. The van der Waals surface area contributed by atoms with E-state index in [9.17, 15) is 40.7 Å². The van der Waals surface area contributed by atoms with Gasteiger partial charge in [0, 0.05) is 19.7 Å². The Morgan fingerprint density at radius 1 is 1.09 bits per heavy atom. The second kappa shape index (κ2) is 8.80. The van der Waals surface area contributed by atoms with Crippen molar-refractivity contribution < 1.29 is 40.7 Å². The van der Waals surface area contributed by atoms with Crippen LogP contribution in [0, 0.1) is 6.92 Å². The molecular formula is C16H15F6N7O3. The summed E-state index contributed by atoms with van der Waals surface area (Å²) in [6.07, 6.45) is -9.85. The van der Waals surface area contributed by atoms with Gasteiger partial charge >= 0.3 is 24.2 Å². The molecular weight excluding hydrogens is 452 g/mol. The summed E-state index contributed by atoms with van der Waals surface area (Å²) in [6.45, 7) is -0.739. The monoisotopic (exact) mass is 467 g/mol. The van der Waals surface area contributed by atoms with Crippen LogP contribution in [0.25, 0.3) is 0 Å². The molecule has 16 heteroatoms. The summed E-state index contributed by atoms with van der Waals surface area (Å²) in [5.41, 5.74) is -3.11. The number of hydrogen-bond donors (Lipinski definition) is 2. The number of nitrogens with zero attached hydrogens (tertiary/aromatic N) is 5. The van der Waals surface area contributed by atoms with Crippen LogP contribution < -0.4 is 10.6 Å². The minimum absolute atomic E-state index is 0.00440. The number of aryl methyl sites for hydroxylation is 1. The van der Waals surface area contributed by atoms with E-state index in [4.69, 9.17) is 0 Å². The maximum Gasteiger partial charge on any atom is 0.418 e. The van der Waals surface area contributed by atoms with Crippen molar-refractivity contribution in [2.75, 3.05) is 24.2 Å². The van der Waals surface area contributed by atoms with Gasteiger partial charge in [0.2, 0.25) is 5.95 Å². The van der Waals surface area contributed by atoms with E-state index in [1.165, 1.54) is 7.05 Å². The number of halogens is 6. The summed E-state index contributed by atoms with van der Waals surface area (Å²) in [7, 11) is 2.04. The highest BCUT2D eigenvalue weighted by atomic mass is 19.4. The third-order valence-electron chi connectivity index (χ3n) is 4.06. The second-order valence-electron chi connectivity index (χ2n) is 6.47. The van der Waals surface area contributed by atoms with Crippen molar-refractivity contribution in [3.63, 3.8) is 0 Å². The molecule has 10 nitrogen and oxygen atoms in total. The van der Waals surface area contributed by atoms with Gasteiger partial charge in [-0.05, 0) is 35.0 Å². The van der Waals surface area contributed by atoms with E-state index < -0.39 is 53.4 Å². The lowest BCUT2D eigenvalue weighted by atomic mass is 10.0. The number of nitrogens with one attached hydrogen (secondary N) is 2. The smallest absolute Gasteiger partial charge is 0.328 e. The van der Waals surface area contributed by atoms with Gasteiger partial charge in [-0.1, -0.05) is 5.10 Å². The molecule has 0 aliphatic rings. The first-order valence-electron chi connectivity index (χ1n) is 8.49. The van der Waals surface area contributed by atoms with Gasteiger partial charge < -0.3 is 10.2 Å². The van der Waals surface area contributed by atoms with Gasteiger partial charge in [-0.2, -0.15) is 26.3 Å². The molecule has 0 aliphatic heterocycles. The molecule has 1 aromatic carbocycles. The molecule has 1 aromatic heterocycles. The van der Waals surface area contributed by atoms with Gasteiger partial charge in [0.25, 0.3) is 5.91 Å². The van der Waals surface area contributed by atoms with Crippen LogP contribution in [0.2, 0.25) is 0 Å². The van der Waals surface area contributed by atoms with Gasteiger partial charge in [-0.25, -0.2) is 4.68 Å². The number of likely N-dealkylation sites (N-methyl/N-ethyl adjacent to an activating group) is 1. The fourth-order valence-electron chi connectivity index (χ4n) is 2.54. The number of rotatable bonds is 4. The van der Waals surface area contributed by atoms with E-state index in [2.05, 4.69) is 20.8 Å². The van der Waals surface area contributed by atoms with Crippen LogP contribution in [-0.2, 0) is 22.8 Å². The van der Waals surface area contributed by atoms with Gasteiger partial charge in [0.1, 0.15) is 6.54 Å². The SMILES string of the molecule is Cc1c(C(=O)Nc2nnnn2C)ccc(C(F)(F)F)c1NC(=O)C(=O)N(C)CC(F)(F)F. The number of alkyl halides is 6. The standard InChI is InChI=1S/C16H15F6N7O3/c1-7-8(11(30)24-14-25-26-27-29(14)3)4-5-9(16(20,21)22)10(7)23-12(31)13(32)28(2)6-15(17,18)19/h4-5H,6H2,1-3H3,(H,23,31)(H,24,25,27,30). The van der Waals surface area contributed by atoms with E-state index >= 15 is 0 Å². The minimum atomic E-state index is -5.02. The average Bonchev–Trinajstić information content (AvgIpc) is 3.04. The van der Waals surface area contributed by atoms with Crippen molar-refractivity contribution >= 4 is 29.4 Å². The predicted molar refractivity (Wildman–Crippen MR) is 95.3 cm³/mol. The van der Waals surface area contributed by atoms with Crippen molar-refractivity contribution in [3.8, 4) is 0 Å². The number of amides is 3. The lowest BCUT2D eigenvalue weighted by Crippen LogP contribution is -2.42. The Morgan fingerprint density at radius 2 is 1.72 bits per heavy atom. The van der Waals surface area contributed by atoms with Crippen molar-refractivity contribution in [1.29, 1.82) is 0 Å². The van der Waals surface area contributed by atoms with Crippen LogP contribution in [0.4, 0.5) is 38.0 Å². The van der Waals surface area contributed by atoms with Gasteiger partial charge in [-0.15, -0.1) is 0 Å². The predicted octanol–water partition coefficient (Wildman–Crippen LogP) is 1.75. The molecule has 0 atom stereocenters. The van der Waals surface area contributed by atoms with Gasteiger partial charge in [0.15, 0.2) is 0 Å². The summed E-state index contributed by atoms with van der Waals surface area (Å²) in [6, 6.07) is 1.31. The Morgan fingerprint density at radius 3 is 2.22 bits per heavy atom. The highest BCUT2D eigenvalue weighted by Crippen LogP contribution is 2.38. The van der Waals surface area contributed by atoms with Crippen LogP contribution in [0.5, 0.6) is 0 Å². The number of carbonyl (C=O) groups is 3. The molecule has 32 heavy (non-hydrogen) atoms. The molecule has 0 radical (unpaired) electrons. The average molecular weight is 467 g/mol. The van der Waals surface area contributed by atoms with Crippen molar-refractivity contribution in [2.45, 2.75) is 19.3 Å². The zero-order valence-electron chi connectivity index (χ0n) is 16.6. The quantitative estimate of drug-likeness (QED) is 0.522. The molecule has 0 saturated heterocycles. The summed E-state index contributed by atoms with van der Waals surface area (Å²) in [4.78, 5) is 36.4. The third-order valence-corrected chi connectivity index (χ3v) is 4.06. The second-order valence-corrected chi connectivity index (χ2v) is 6.47. The Hall–Kier alpha value is -3.72. The first-order valence-corrected chi connectivity index (χ1v) is 8.49. The zero-order chi connectivity index (χ0) is 24.4. The third kappa shape index (κ3) is 5.70.